The van der Waals surface area contributed by atoms with E-state index >= 15 is 0 Å². The van der Waals surface area contributed by atoms with Crippen molar-refractivity contribution in [3.05, 3.63) is 59.7 Å². The number of benzene rings is 2. The number of amides is 3. The van der Waals surface area contributed by atoms with Crippen LogP contribution in [0.4, 0.5) is 0 Å². The van der Waals surface area contributed by atoms with Gasteiger partial charge in [0, 0.05) is 12.5 Å². The van der Waals surface area contributed by atoms with E-state index in [1.165, 1.54) is 5.56 Å². The molecule has 2 aromatic carbocycles. The SMILES string of the molecule is CN[C@@H](C)C(=O)N[C@H](C(=O)N1C[C@@H](Oc2cccc(OC(C)C)c2)C[C@H]1C(=O)N[C@@H]1CCCc2ccccc21)C1CCCCC1. The summed E-state index contributed by atoms with van der Waals surface area (Å²) in [5.74, 6) is 0.773. The van der Waals surface area contributed by atoms with Crippen LogP contribution in [0.2, 0.25) is 0 Å². The molecule has 1 heterocycles. The summed E-state index contributed by atoms with van der Waals surface area (Å²) in [7, 11) is 1.73. The normalized spacial score (nSPS) is 23.1. The Kier molecular flexibility index (Phi) is 11.0. The maximum Gasteiger partial charge on any atom is 0.246 e. The molecule has 0 radical (unpaired) electrons. The first-order valence-electron chi connectivity index (χ1n) is 16.8. The minimum atomic E-state index is -0.712. The number of ether oxygens (including phenoxy) is 2. The smallest absolute Gasteiger partial charge is 0.246 e. The highest BCUT2D eigenvalue weighted by Gasteiger charge is 2.45. The molecule has 5 atom stereocenters. The van der Waals surface area contributed by atoms with Gasteiger partial charge in [0.15, 0.2) is 0 Å². The Balaban J connectivity index is 1.40. The quantitative estimate of drug-likeness (QED) is 0.337. The van der Waals surface area contributed by atoms with Crippen LogP contribution in [0, 0.1) is 5.92 Å². The molecule has 9 heteroatoms. The first-order valence-corrected chi connectivity index (χ1v) is 16.8. The van der Waals surface area contributed by atoms with E-state index in [0.29, 0.717) is 17.9 Å². The zero-order valence-corrected chi connectivity index (χ0v) is 27.2. The average Bonchev–Trinajstić information content (AvgIpc) is 3.47. The van der Waals surface area contributed by atoms with Crippen LogP contribution in [0.3, 0.4) is 0 Å². The molecule has 9 nitrogen and oxygen atoms in total. The number of hydrogen-bond acceptors (Lipinski definition) is 6. The van der Waals surface area contributed by atoms with E-state index in [4.69, 9.17) is 9.47 Å². The summed E-state index contributed by atoms with van der Waals surface area (Å²) in [5, 5.41) is 9.36. The fourth-order valence-electron chi connectivity index (χ4n) is 7.07. The Labute approximate surface area is 267 Å². The zero-order valence-electron chi connectivity index (χ0n) is 27.2. The van der Waals surface area contributed by atoms with E-state index in [-0.39, 0.29) is 42.3 Å². The molecule has 244 valence electrons. The Morgan fingerprint density at radius 2 is 1.67 bits per heavy atom. The number of aryl methyl sites for hydroxylation is 1. The van der Waals surface area contributed by atoms with Gasteiger partial charge in [-0.05, 0) is 89.1 Å². The summed E-state index contributed by atoms with van der Waals surface area (Å²) in [4.78, 5) is 43.4. The molecule has 0 aromatic heterocycles. The average molecular weight is 619 g/mol. The Morgan fingerprint density at radius 3 is 2.42 bits per heavy atom. The number of fused-ring (bicyclic) bond motifs is 1. The van der Waals surface area contributed by atoms with Crippen LogP contribution in [0.5, 0.6) is 11.5 Å². The van der Waals surface area contributed by atoms with Crippen LogP contribution in [0.25, 0.3) is 0 Å². The van der Waals surface area contributed by atoms with Crippen molar-refractivity contribution in [2.45, 2.75) is 115 Å². The highest BCUT2D eigenvalue weighted by Crippen LogP contribution is 2.33. The van der Waals surface area contributed by atoms with Crippen molar-refractivity contribution in [2.75, 3.05) is 13.6 Å². The molecule has 5 rings (SSSR count). The van der Waals surface area contributed by atoms with Gasteiger partial charge < -0.3 is 30.3 Å². The van der Waals surface area contributed by atoms with Crippen LogP contribution >= 0.6 is 0 Å². The van der Waals surface area contributed by atoms with Gasteiger partial charge in [-0.2, -0.15) is 0 Å². The minimum Gasteiger partial charge on any atom is -0.491 e. The number of nitrogens with zero attached hydrogens (tertiary/aromatic N) is 1. The van der Waals surface area contributed by atoms with E-state index in [0.717, 1.165) is 56.9 Å². The van der Waals surface area contributed by atoms with Gasteiger partial charge in [-0.15, -0.1) is 0 Å². The first-order chi connectivity index (χ1) is 21.7. The third-order valence-electron chi connectivity index (χ3n) is 9.53. The summed E-state index contributed by atoms with van der Waals surface area (Å²) >= 11 is 0. The fraction of sp³-hybridized carbons (Fsp3) is 0.583. The topological polar surface area (TPSA) is 109 Å². The molecule has 2 aromatic rings. The van der Waals surface area contributed by atoms with E-state index < -0.39 is 24.2 Å². The molecule has 2 aliphatic carbocycles. The van der Waals surface area contributed by atoms with Gasteiger partial charge in [-0.1, -0.05) is 49.6 Å². The second-order valence-electron chi connectivity index (χ2n) is 13.2. The van der Waals surface area contributed by atoms with Crippen molar-refractivity contribution >= 4 is 17.7 Å². The standard InChI is InChI=1S/C36H50N4O5/c1-23(2)44-27-16-11-17-28(20-27)45-29-21-32(35(42)38-31-19-10-15-25-12-8-9-18-30(25)31)40(22-29)36(43)33(26-13-6-5-7-14-26)39-34(41)24(3)37-4/h8-9,11-12,16-18,20,23-24,26,29,31-33,37H,5-7,10,13-15,19,21-22H2,1-4H3,(H,38,42)(H,39,41)/t24-,29-,31+,32-,33-/m0/s1. The van der Waals surface area contributed by atoms with Crippen molar-refractivity contribution in [3.8, 4) is 11.5 Å². The number of hydrogen-bond donors (Lipinski definition) is 3. The Hall–Kier alpha value is -3.59. The highest BCUT2D eigenvalue weighted by molar-refractivity contribution is 5.94. The number of likely N-dealkylation sites (tertiary alicyclic amines) is 1. The van der Waals surface area contributed by atoms with E-state index in [2.05, 4.69) is 28.1 Å². The van der Waals surface area contributed by atoms with Crippen molar-refractivity contribution in [2.24, 2.45) is 5.92 Å². The van der Waals surface area contributed by atoms with Gasteiger partial charge in [0.2, 0.25) is 17.7 Å². The number of carbonyl (C=O) groups excluding carboxylic acids is 3. The van der Waals surface area contributed by atoms with E-state index in [1.807, 2.05) is 50.2 Å². The van der Waals surface area contributed by atoms with Crippen LogP contribution < -0.4 is 25.4 Å². The van der Waals surface area contributed by atoms with Gasteiger partial charge in [0.25, 0.3) is 0 Å². The molecule has 0 unspecified atom stereocenters. The van der Waals surface area contributed by atoms with Gasteiger partial charge in [-0.25, -0.2) is 0 Å². The largest absolute Gasteiger partial charge is 0.491 e. The third-order valence-corrected chi connectivity index (χ3v) is 9.53. The lowest BCUT2D eigenvalue weighted by atomic mass is 9.83. The van der Waals surface area contributed by atoms with Crippen LogP contribution in [0.1, 0.15) is 89.3 Å². The summed E-state index contributed by atoms with van der Waals surface area (Å²) in [5.41, 5.74) is 2.41. The molecule has 3 N–H and O–H groups in total. The van der Waals surface area contributed by atoms with Gasteiger partial charge in [-0.3, -0.25) is 14.4 Å². The summed E-state index contributed by atoms with van der Waals surface area (Å²) in [6, 6.07) is 13.8. The number of nitrogens with one attached hydrogen (secondary N) is 3. The lowest BCUT2D eigenvalue weighted by Crippen LogP contribution is -2.58. The molecule has 0 bridgehead atoms. The monoisotopic (exact) mass is 618 g/mol. The molecule has 1 saturated heterocycles. The van der Waals surface area contributed by atoms with Gasteiger partial charge in [0.05, 0.1) is 24.7 Å². The molecule has 3 amide bonds. The van der Waals surface area contributed by atoms with Crippen LogP contribution in [0.15, 0.2) is 48.5 Å². The molecular formula is C36H50N4O5. The van der Waals surface area contributed by atoms with Crippen molar-refractivity contribution in [1.82, 2.24) is 20.9 Å². The number of carbonyl (C=O) groups is 3. The molecule has 1 aliphatic heterocycles. The summed E-state index contributed by atoms with van der Waals surface area (Å²) in [6.45, 7) is 5.99. The summed E-state index contributed by atoms with van der Waals surface area (Å²) < 4.78 is 12.3. The summed E-state index contributed by atoms with van der Waals surface area (Å²) in [6.07, 6.45) is 7.77. The van der Waals surface area contributed by atoms with Crippen molar-refractivity contribution in [1.29, 1.82) is 0 Å². The van der Waals surface area contributed by atoms with Crippen LogP contribution in [-0.4, -0.2) is 66.5 Å². The van der Waals surface area contributed by atoms with Crippen molar-refractivity contribution < 1.29 is 23.9 Å². The van der Waals surface area contributed by atoms with Gasteiger partial charge in [0.1, 0.15) is 29.7 Å². The van der Waals surface area contributed by atoms with Gasteiger partial charge >= 0.3 is 0 Å². The maximum atomic E-state index is 14.5. The Morgan fingerprint density at radius 1 is 0.911 bits per heavy atom. The first kappa shape index (κ1) is 32.8. The number of likely N-dealkylation sites (N-methyl/N-ethyl adjacent to an activating group) is 1. The molecule has 3 aliphatic rings. The molecule has 2 fully saturated rings. The number of rotatable bonds is 11. The predicted octanol–water partition coefficient (Wildman–Crippen LogP) is 4.69. The predicted molar refractivity (Wildman–Crippen MR) is 174 cm³/mol. The molecular weight excluding hydrogens is 568 g/mol. The third kappa shape index (κ3) is 8.17. The van der Waals surface area contributed by atoms with Crippen molar-refractivity contribution in [3.63, 3.8) is 0 Å². The fourth-order valence-corrected chi connectivity index (χ4v) is 7.07. The lowest BCUT2D eigenvalue weighted by Gasteiger charge is -2.35. The lowest BCUT2D eigenvalue weighted by molar-refractivity contribution is -0.143. The molecule has 0 spiro atoms. The second kappa shape index (κ2) is 15.1. The molecule has 45 heavy (non-hydrogen) atoms. The van der Waals surface area contributed by atoms with E-state index in [9.17, 15) is 14.4 Å². The maximum absolute atomic E-state index is 14.5. The molecule has 1 saturated carbocycles. The Bertz CT molecular complexity index is 1330. The second-order valence-corrected chi connectivity index (χ2v) is 13.2. The highest BCUT2D eigenvalue weighted by atomic mass is 16.5. The minimum absolute atomic E-state index is 0.0235. The zero-order chi connectivity index (χ0) is 31.9. The van der Waals surface area contributed by atoms with Crippen LogP contribution in [-0.2, 0) is 20.8 Å². The van der Waals surface area contributed by atoms with E-state index in [1.54, 1.807) is 18.9 Å².